The molecule has 3 aliphatic heterocycles. The molecule has 3 aliphatic rings. The lowest BCUT2D eigenvalue weighted by Crippen LogP contribution is -2.50. The van der Waals surface area contributed by atoms with Crippen LogP contribution >= 0.6 is 0 Å². The second-order valence-corrected chi connectivity index (χ2v) is 11.2. The number of nitrogens with zero attached hydrogens (tertiary/aromatic N) is 1. The minimum absolute atomic E-state index is 0.0246. The highest BCUT2D eigenvalue weighted by atomic mass is 16.5. The van der Waals surface area contributed by atoms with Crippen LogP contribution in [0.4, 0.5) is 0 Å². The highest BCUT2D eigenvalue weighted by Crippen LogP contribution is 2.61. The molecule has 0 saturated carbocycles. The number of fused-ring (bicyclic) bond motifs is 10. The summed E-state index contributed by atoms with van der Waals surface area (Å²) in [6.07, 6.45) is 2.17. The van der Waals surface area contributed by atoms with Crippen LogP contribution in [-0.2, 0) is 5.54 Å². The molecule has 0 amide bonds. The highest BCUT2D eigenvalue weighted by Gasteiger charge is 2.50. The Hall–Kier alpha value is -4.63. The number of hydrogen-bond acceptors (Lipinski definition) is 2. The van der Waals surface area contributed by atoms with Gasteiger partial charge < -0.3 is 9.47 Å². The summed E-state index contributed by atoms with van der Waals surface area (Å²) in [5.74, 6) is 3.71. The van der Waals surface area contributed by atoms with Gasteiger partial charge in [-0.25, -0.2) is 0 Å². The van der Waals surface area contributed by atoms with Crippen LogP contribution in [-0.4, -0.2) is 0 Å². The molecule has 1 aromatic heterocycles. The van der Waals surface area contributed by atoms with Gasteiger partial charge in [-0.1, -0.05) is 48.5 Å². The Kier molecular flexibility index (Phi) is 3.66. The SMILES string of the molecule is CC1(C)c2c(cc3c4c2Oc2cc5ccccc5cc2C4c2cc4ccccc4cc2O3)-c2cccc[n+]21. The molecule has 180 valence electrons. The fourth-order valence-electron chi connectivity index (χ4n) is 7.00. The summed E-state index contributed by atoms with van der Waals surface area (Å²) in [4.78, 5) is 0. The summed E-state index contributed by atoms with van der Waals surface area (Å²) in [7, 11) is 0. The van der Waals surface area contributed by atoms with Crippen LogP contribution in [0.2, 0.25) is 0 Å². The van der Waals surface area contributed by atoms with Crippen molar-refractivity contribution in [1.29, 1.82) is 0 Å². The first-order valence-corrected chi connectivity index (χ1v) is 13.2. The zero-order valence-electron chi connectivity index (χ0n) is 21.2. The van der Waals surface area contributed by atoms with Gasteiger partial charge in [-0.2, -0.15) is 4.57 Å². The van der Waals surface area contributed by atoms with Gasteiger partial charge in [0.25, 0.3) is 0 Å². The third-order valence-electron chi connectivity index (χ3n) is 8.73. The van der Waals surface area contributed by atoms with Crippen LogP contribution in [0.1, 0.15) is 42.0 Å². The zero-order chi connectivity index (χ0) is 25.2. The number of benzene rings is 5. The number of hydrogen-bond donors (Lipinski definition) is 0. The topological polar surface area (TPSA) is 22.3 Å². The van der Waals surface area contributed by atoms with Gasteiger partial charge in [0.1, 0.15) is 23.0 Å². The van der Waals surface area contributed by atoms with Crippen LogP contribution in [0.3, 0.4) is 0 Å². The Bertz CT molecular complexity index is 2000. The van der Waals surface area contributed by atoms with Crippen LogP contribution < -0.4 is 14.0 Å². The molecule has 0 N–H and O–H groups in total. The van der Waals surface area contributed by atoms with E-state index in [2.05, 4.69) is 122 Å². The van der Waals surface area contributed by atoms with Crippen molar-refractivity contribution in [2.45, 2.75) is 25.3 Å². The van der Waals surface area contributed by atoms with Crippen LogP contribution in [0, 0.1) is 0 Å². The molecule has 1 unspecified atom stereocenters. The fraction of sp³-hybridized carbons (Fsp3) is 0.114. The molecule has 0 aliphatic carbocycles. The predicted molar refractivity (Wildman–Crippen MR) is 149 cm³/mol. The van der Waals surface area contributed by atoms with E-state index in [1.807, 2.05) is 0 Å². The van der Waals surface area contributed by atoms with E-state index in [9.17, 15) is 0 Å². The first kappa shape index (κ1) is 20.4. The van der Waals surface area contributed by atoms with Gasteiger partial charge in [0, 0.05) is 43.0 Å². The van der Waals surface area contributed by atoms with Crippen molar-refractivity contribution in [3.05, 3.63) is 126 Å². The molecular weight excluding hydrogens is 466 g/mol. The smallest absolute Gasteiger partial charge is 0.214 e. The average molecular weight is 491 g/mol. The van der Waals surface area contributed by atoms with Gasteiger partial charge in [-0.05, 0) is 57.9 Å². The van der Waals surface area contributed by atoms with Crippen molar-refractivity contribution in [3.63, 3.8) is 0 Å². The largest absolute Gasteiger partial charge is 0.457 e. The van der Waals surface area contributed by atoms with Gasteiger partial charge in [0.15, 0.2) is 11.7 Å². The van der Waals surface area contributed by atoms with Gasteiger partial charge >= 0.3 is 0 Å². The molecule has 38 heavy (non-hydrogen) atoms. The quantitative estimate of drug-likeness (QED) is 0.199. The molecule has 4 heterocycles. The normalized spacial score (nSPS) is 17.1. The molecule has 3 heteroatoms. The molecule has 0 saturated heterocycles. The van der Waals surface area contributed by atoms with E-state index in [0.717, 1.165) is 28.6 Å². The molecule has 6 aromatic rings. The Morgan fingerprint density at radius 1 is 0.632 bits per heavy atom. The van der Waals surface area contributed by atoms with E-state index in [1.165, 1.54) is 49.5 Å². The van der Waals surface area contributed by atoms with E-state index in [1.54, 1.807) is 0 Å². The van der Waals surface area contributed by atoms with Crippen molar-refractivity contribution in [1.82, 2.24) is 0 Å². The maximum Gasteiger partial charge on any atom is 0.214 e. The molecule has 0 bridgehead atoms. The Balaban J connectivity index is 1.41. The van der Waals surface area contributed by atoms with Crippen LogP contribution in [0.25, 0.3) is 32.8 Å². The van der Waals surface area contributed by atoms with Crippen molar-refractivity contribution in [2.24, 2.45) is 0 Å². The molecular formula is C35H24NO2+. The van der Waals surface area contributed by atoms with Gasteiger partial charge in [-0.15, -0.1) is 0 Å². The lowest BCUT2D eigenvalue weighted by Gasteiger charge is -2.36. The molecule has 1 atom stereocenters. The van der Waals surface area contributed by atoms with E-state index in [0.29, 0.717) is 0 Å². The average Bonchev–Trinajstić information content (AvgIpc) is 3.17. The Labute approximate surface area is 220 Å². The standard InChI is InChI=1S/C35H24NO2/c1-35(2)33-24(27-13-7-8-14-36(27)35)19-30-32-31(25-15-20-9-3-5-11-22(20)17-28(25)37-30)26-16-21-10-4-6-12-23(21)18-29(26)38-34(32)33/h3-19,31H,1-2H3/q+1. The molecule has 0 spiro atoms. The highest BCUT2D eigenvalue weighted by molar-refractivity contribution is 5.90. The van der Waals surface area contributed by atoms with E-state index >= 15 is 0 Å². The van der Waals surface area contributed by atoms with Crippen LogP contribution in [0.5, 0.6) is 23.0 Å². The summed E-state index contributed by atoms with van der Waals surface area (Å²) in [6, 6.07) is 34.8. The van der Waals surface area contributed by atoms with Crippen molar-refractivity contribution in [2.75, 3.05) is 0 Å². The Morgan fingerprint density at radius 2 is 1.21 bits per heavy atom. The second-order valence-electron chi connectivity index (χ2n) is 11.2. The first-order valence-electron chi connectivity index (χ1n) is 13.2. The molecule has 9 rings (SSSR count). The monoisotopic (exact) mass is 490 g/mol. The summed E-state index contributed by atoms with van der Waals surface area (Å²) >= 11 is 0. The summed E-state index contributed by atoms with van der Waals surface area (Å²) in [6.45, 7) is 4.56. The first-order chi connectivity index (χ1) is 18.6. The number of rotatable bonds is 0. The summed E-state index contributed by atoms with van der Waals surface area (Å²) < 4.78 is 16.1. The van der Waals surface area contributed by atoms with E-state index in [-0.39, 0.29) is 11.5 Å². The molecule has 0 radical (unpaired) electrons. The third-order valence-corrected chi connectivity index (χ3v) is 8.73. The minimum atomic E-state index is -0.265. The van der Waals surface area contributed by atoms with E-state index in [4.69, 9.17) is 9.47 Å². The zero-order valence-corrected chi connectivity index (χ0v) is 21.2. The summed E-state index contributed by atoms with van der Waals surface area (Å²) in [5, 5.41) is 4.81. The molecule has 0 fully saturated rings. The summed E-state index contributed by atoms with van der Waals surface area (Å²) in [5.41, 5.74) is 6.84. The molecule has 5 aromatic carbocycles. The number of aromatic nitrogens is 1. The number of pyridine rings is 1. The maximum absolute atomic E-state index is 6.95. The van der Waals surface area contributed by atoms with Crippen molar-refractivity contribution >= 4 is 21.5 Å². The minimum Gasteiger partial charge on any atom is -0.457 e. The van der Waals surface area contributed by atoms with Crippen molar-refractivity contribution in [3.8, 4) is 34.3 Å². The van der Waals surface area contributed by atoms with Gasteiger partial charge in [-0.3, -0.25) is 0 Å². The Morgan fingerprint density at radius 3 is 1.87 bits per heavy atom. The third kappa shape index (κ3) is 2.46. The van der Waals surface area contributed by atoms with E-state index < -0.39 is 0 Å². The van der Waals surface area contributed by atoms with Crippen LogP contribution in [0.15, 0.2) is 103 Å². The molecule has 3 nitrogen and oxygen atoms in total. The fourth-order valence-corrected chi connectivity index (χ4v) is 7.00. The lowest BCUT2D eigenvalue weighted by molar-refractivity contribution is -0.731. The lowest BCUT2D eigenvalue weighted by atomic mass is 9.76. The predicted octanol–water partition coefficient (Wildman–Crippen LogP) is 8.44. The van der Waals surface area contributed by atoms with Crippen molar-refractivity contribution < 1.29 is 14.0 Å². The second kappa shape index (κ2) is 6.81. The van der Waals surface area contributed by atoms with Gasteiger partial charge in [0.2, 0.25) is 5.69 Å². The number of ether oxygens (including phenoxy) is 2. The van der Waals surface area contributed by atoms with Gasteiger partial charge in [0.05, 0.1) is 16.7 Å². The maximum atomic E-state index is 6.95.